The minimum atomic E-state index is 0.301. The van der Waals surface area contributed by atoms with E-state index in [1.165, 1.54) is 17.9 Å². The summed E-state index contributed by atoms with van der Waals surface area (Å²) in [6.07, 6.45) is 6.15. The lowest BCUT2D eigenvalue weighted by molar-refractivity contribution is 0.245. The van der Waals surface area contributed by atoms with Gasteiger partial charge < -0.3 is 9.30 Å². The highest BCUT2D eigenvalue weighted by molar-refractivity contribution is 5.67. The van der Waals surface area contributed by atoms with Gasteiger partial charge in [-0.3, -0.25) is 9.88 Å². The summed E-state index contributed by atoms with van der Waals surface area (Å²) >= 11 is 0. The van der Waals surface area contributed by atoms with Gasteiger partial charge in [0.2, 0.25) is 0 Å². The van der Waals surface area contributed by atoms with Crippen LogP contribution in [0.15, 0.2) is 54.9 Å². The Balaban J connectivity index is 1.37. The number of likely N-dealkylation sites (tertiary alicyclic amines) is 1. The molecular formula is C22H24N4O. The van der Waals surface area contributed by atoms with E-state index in [9.17, 15) is 0 Å². The molecule has 0 N–H and O–H groups in total. The Morgan fingerprint density at radius 1 is 1.07 bits per heavy atom. The van der Waals surface area contributed by atoms with Crippen molar-refractivity contribution in [3.63, 3.8) is 0 Å². The Bertz CT molecular complexity index is 952. The molecule has 5 rings (SSSR count). The zero-order valence-electron chi connectivity index (χ0n) is 15.6. The van der Waals surface area contributed by atoms with Gasteiger partial charge in [0.05, 0.1) is 24.7 Å². The van der Waals surface area contributed by atoms with Gasteiger partial charge in [0.15, 0.2) is 0 Å². The van der Waals surface area contributed by atoms with E-state index in [1.54, 1.807) is 7.11 Å². The van der Waals surface area contributed by atoms with Crippen LogP contribution >= 0.6 is 0 Å². The number of hydrogen-bond acceptors (Lipinski definition) is 4. The smallest absolute Gasteiger partial charge is 0.128 e. The molecule has 2 aliphatic rings. The first-order valence-electron chi connectivity index (χ1n) is 9.56. The zero-order chi connectivity index (χ0) is 18.3. The number of ether oxygens (including phenoxy) is 1. The number of benzene rings is 1. The van der Waals surface area contributed by atoms with Crippen LogP contribution in [0, 0.1) is 5.41 Å². The zero-order valence-corrected chi connectivity index (χ0v) is 15.6. The molecule has 4 heterocycles. The van der Waals surface area contributed by atoms with E-state index < -0.39 is 0 Å². The maximum Gasteiger partial charge on any atom is 0.128 e. The lowest BCUT2D eigenvalue weighted by atomic mass is 9.86. The maximum atomic E-state index is 5.57. The van der Waals surface area contributed by atoms with Gasteiger partial charge in [0.1, 0.15) is 11.6 Å². The highest BCUT2D eigenvalue weighted by Crippen LogP contribution is 2.43. The van der Waals surface area contributed by atoms with Gasteiger partial charge in [-0.15, -0.1) is 0 Å². The van der Waals surface area contributed by atoms with Gasteiger partial charge in [-0.2, -0.15) is 0 Å². The Morgan fingerprint density at radius 3 is 2.81 bits per heavy atom. The van der Waals surface area contributed by atoms with Gasteiger partial charge in [-0.05, 0) is 37.2 Å². The first-order valence-corrected chi connectivity index (χ1v) is 9.56. The normalized spacial score (nSPS) is 21.7. The van der Waals surface area contributed by atoms with Gasteiger partial charge in [0.25, 0.3) is 0 Å². The number of pyridine rings is 1. The second-order valence-corrected chi connectivity index (χ2v) is 7.80. The number of imidazole rings is 1. The Hall–Kier alpha value is -2.66. The molecule has 0 unspecified atom stereocenters. The molecule has 1 saturated heterocycles. The highest BCUT2D eigenvalue weighted by Gasteiger charge is 2.44. The lowest BCUT2D eigenvalue weighted by Gasteiger charge is -2.23. The number of fused-ring (bicyclic) bond motifs is 1. The van der Waals surface area contributed by atoms with E-state index in [0.29, 0.717) is 5.41 Å². The van der Waals surface area contributed by atoms with Crippen molar-refractivity contribution in [3.05, 3.63) is 66.4 Å². The van der Waals surface area contributed by atoms with Crippen molar-refractivity contribution in [2.75, 3.05) is 20.2 Å². The van der Waals surface area contributed by atoms with E-state index in [4.69, 9.17) is 9.72 Å². The summed E-state index contributed by atoms with van der Waals surface area (Å²) in [6.45, 7) is 4.21. The fourth-order valence-corrected chi connectivity index (χ4v) is 4.69. The number of methoxy groups -OCH3 is 1. The lowest BCUT2D eigenvalue weighted by Crippen LogP contribution is -2.28. The molecule has 0 aliphatic carbocycles. The van der Waals surface area contributed by atoms with Crippen LogP contribution in [0.25, 0.3) is 11.3 Å². The largest absolute Gasteiger partial charge is 0.496 e. The predicted molar refractivity (Wildman–Crippen MR) is 104 cm³/mol. The molecule has 1 spiro atoms. The topological polar surface area (TPSA) is 43.2 Å². The third kappa shape index (κ3) is 2.92. The van der Waals surface area contributed by atoms with Crippen molar-refractivity contribution in [2.24, 2.45) is 5.41 Å². The highest BCUT2D eigenvalue weighted by atomic mass is 16.5. The van der Waals surface area contributed by atoms with E-state index in [-0.39, 0.29) is 0 Å². The van der Waals surface area contributed by atoms with E-state index >= 15 is 0 Å². The number of nitrogens with zero attached hydrogens (tertiary/aromatic N) is 4. The molecule has 1 aromatic carbocycles. The molecule has 0 amide bonds. The molecule has 0 radical (unpaired) electrons. The summed E-state index contributed by atoms with van der Waals surface area (Å²) in [5, 5.41) is 0. The fourth-order valence-electron chi connectivity index (χ4n) is 4.69. The molecule has 5 nitrogen and oxygen atoms in total. The molecule has 2 aromatic heterocycles. The summed E-state index contributed by atoms with van der Waals surface area (Å²) in [5.74, 6) is 2.11. The Labute approximate surface area is 159 Å². The van der Waals surface area contributed by atoms with E-state index in [1.807, 2.05) is 30.6 Å². The van der Waals surface area contributed by atoms with Crippen LogP contribution in [0.1, 0.15) is 17.9 Å². The maximum absolute atomic E-state index is 5.57. The molecule has 1 atom stereocenters. The monoisotopic (exact) mass is 360 g/mol. The Morgan fingerprint density at radius 2 is 1.96 bits per heavy atom. The summed E-state index contributed by atoms with van der Waals surface area (Å²) in [6, 6.07) is 14.4. The molecule has 3 aromatic rings. The molecular weight excluding hydrogens is 336 g/mol. The molecule has 5 heteroatoms. The number of aromatic nitrogens is 3. The molecule has 0 bridgehead atoms. The minimum absolute atomic E-state index is 0.301. The molecule has 27 heavy (non-hydrogen) atoms. The van der Waals surface area contributed by atoms with Gasteiger partial charge in [0, 0.05) is 43.2 Å². The summed E-state index contributed by atoms with van der Waals surface area (Å²) < 4.78 is 7.98. The third-order valence-corrected chi connectivity index (χ3v) is 5.98. The average molecular weight is 360 g/mol. The van der Waals surface area contributed by atoms with Gasteiger partial charge in [-0.1, -0.05) is 18.2 Å². The van der Waals surface area contributed by atoms with Crippen LogP contribution in [-0.4, -0.2) is 39.6 Å². The SMILES string of the molecule is COc1ccccc1-c1cnc2n1C[C@]1(CCN(Cc3ccccn3)C1)C2. The van der Waals surface area contributed by atoms with Crippen molar-refractivity contribution < 1.29 is 4.74 Å². The van der Waals surface area contributed by atoms with Crippen LogP contribution in [0.3, 0.4) is 0 Å². The molecule has 138 valence electrons. The molecule has 0 saturated carbocycles. The second kappa shape index (κ2) is 6.50. The minimum Gasteiger partial charge on any atom is -0.496 e. The standard InChI is InChI=1S/C22H24N4O/c1-27-20-8-3-2-7-18(20)19-13-24-21-12-22(16-26(19)21)9-11-25(15-22)14-17-6-4-5-10-23-17/h2-8,10,13H,9,11-12,14-16H2,1H3/t22-/m1/s1. The summed E-state index contributed by atoms with van der Waals surface area (Å²) in [4.78, 5) is 11.8. The van der Waals surface area contributed by atoms with E-state index in [2.05, 4.69) is 38.7 Å². The first-order chi connectivity index (χ1) is 13.3. The van der Waals surface area contributed by atoms with Gasteiger partial charge in [-0.25, -0.2) is 4.98 Å². The fraction of sp³-hybridized carbons (Fsp3) is 0.364. The van der Waals surface area contributed by atoms with Crippen LogP contribution in [-0.2, 0) is 19.5 Å². The molecule has 1 fully saturated rings. The third-order valence-electron chi connectivity index (χ3n) is 5.98. The van der Waals surface area contributed by atoms with E-state index in [0.717, 1.165) is 49.6 Å². The average Bonchev–Trinajstić information content (AvgIpc) is 3.37. The second-order valence-electron chi connectivity index (χ2n) is 7.80. The van der Waals surface area contributed by atoms with Crippen molar-refractivity contribution in [2.45, 2.75) is 25.9 Å². The summed E-state index contributed by atoms with van der Waals surface area (Å²) in [7, 11) is 1.73. The number of para-hydroxylation sites is 1. The Kier molecular flexibility index (Phi) is 3.97. The van der Waals surface area contributed by atoms with Crippen molar-refractivity contribution in [1.82, 2.24) is 19.4 Å². The van der Waals surface area contributed by atoms with Crippen LogP contribution in [0.2, 0.25) is 0 Å². The van der Waals surface area contributed by atoms with Crippen molar-refractivity contribution in [3.8, 4) is 17.0 Å². The van der Waals surface area contributed by atoms with Crippen LogP contribution in [0.4, 0.5) is 0 Å². The molecule has 2 aliphatic heterocycles. The van der Waals surface area contributed by atoms with Crippen molar-refractivity contribution >= 4 is 0 Å². The first kappa shape index (κ1) is 16.5. The quantitative estimate of drug-likeness (QED) is 0.715. The van der Waals surface area contributed by atoms with Crippen molar-refractivity contribution in [1.29, 1.82) is 0 Å². The van der Waals surface area contributed by atoms with Crippen LogP contribution in [0.5, 0.6) is 5.75 Å². The number of rotatable bonds is 4. The predicted octanol–water partition coefficient (Wildman–Crippen LogP) is 3.40. The number of hydrogen-bond donors (Lipinski definition) is 0. The van der Waals surface area contributed by atoms with Gasteiger partial charge >= 0.3 is 0 Å². The summed E-state index contributed by atoms with van der Waals surface area (Å²) in [5.41, 5.74) is 3.75. The van der Waals surface area contributed by atoms with Crippen LogP contribution < -0.4 is 4.74 Å².